The van der Waals surface area contributed by atoms with Crippen LogP contribution in [0.5, 0.6) is 0 Å². The third-order valence-electron chi connectivity index (χ3n) is 3.24. The molecule has 2 rings (SSSR count). The average Bonchev–Trinajstić information content (AvgIpc) is 2.49. The number of benzene rings is 1. The minimum Gasteiger partial charge on any atom is -0.378 e. The van der Waals surface area contributed by atoms with E-state index < -0.39 is 0 Å². The minimum absolute atomic E-state index is 0.000778. The van der Waals surface area contributed by atoms with Crippen LogP contribution in [0.4, 0.5) is 11.4 Å². The van der Waals surface area contributed by atoms with E-state index in [9.17, 15) is 4.79 Å². The van der Waals surface area contributed by atoms with Crippen molar-refractivity contribution in [1.29, 1.82) is 0 Å². The third-order valence-corrected chi connectivity index (χ3v) is 3.24. The van der Waals surface area contributed by atoms with E-state index in [1.54, 1.807) is 0 Å². The summed E-state index contributed by atoms with van der Waals surface area (Å²) in [6.07, 6.45) is 1.03. The molecule has 0 aliphatic carbocycles. The van der Waals surface area contributed by atoms with E-state index in [-0.39, 0.29) is 5.91 Å². The molecule has 1 heterocycles. The summed E-state index contributed by atoms with van der Waals surface area (Å²) in [5, 5.41) is 6.09. The SMILES string of the molecule is CCCNCC(=O)Nc1ccccc1N1CCOCC1. The van der Waals surface area contributed by atoms with Gasteiger partial charge in [0.25, 0.3) is 0 Å². The maximum atomic E-state index is 11.9. The Morgan fingerprint density at radius 3 is 2.80 bits per heavy atom. The number of para-hydroxylation sites is 2. The molecule has 0 atom stereocenters. The smallest absolute Gasteiger partial charge is 0.238 e. The summed E-state index contributed by atoms with van der Waals surface area (Å²) in [6.45, 7) is 6.49. The second-order valence-electron chi connectivity index (χ2n) is 4.84. The first kappa shape index (κ1) is 14.8. The van der Waals surface area contributed by atoms with Crippen molar-refractivity contribution < 1.29 is 9.53 Å². The van der Waals surface area contributed by atoms with Crippen molar-refractivity contribution in [2.45, 2.75) is 13.3 Å². The molecule has 1 aliphatic rings. The quantitative estimate of drug-likeness (QED) is 0.773. The molecule has 5 nitrogen and oxygen atoms in total. The average molecular weight is 277 g/mol. The molecule has 2 N–H and O–H groups in total. The molecule has 1 saturated heterocycles. The van der Waals surface area contributed by atoms with Crippen molar-refractivity contribution in [2.24, 2.45) is 0 Å². The van der Waals surface area contributed by atoms with Gasteiger partial charge in [0.1, 0.15) is 0 Å². The first-order valence-corrected chi connectivity index (χ1v) is 7.23. The molecule has 0 unspecified atom stereocenters. The zero-order chi connectivity index (χ0) is 14.2. The van der Waals surface area contributed by atoms with Gasteiger partial charge in [0, 0.05) is 13.1 Å². The molecule has 0 spiro atoms. The van der Waals surface area contributed by atoms with Crippen molar-refractivity contribution >= 4 is 17.3 Å². The van der Waals surface area contributed by atoms with E-state index in [0.29, 0.717) is 6.54 Å². The van der Waals surface area contributed by atoms with E-state index in [1.165, 1.54) is 0 Å². The fraction of sp³-hybridized carbons (Fsp3) is 0.533. The lowest BCUT2D eigenvalue weighted by atomic mass is 10.2. The van der Waals surface area contributed by atoms with E-state index in [2.05, 4.69) is 22.5 Å². The molecule has 1 fully saturated rings. The van der Waals surface area contributed by atoms with Gasteiger partial charge in [-0.1, -0.05) is 19.1 Å². The highest BCUT2D eigenvalue weighted by Gasteiger charge is 2.15. The molecular weight excluding hydrogens is 254 g/mol. The maximum absolute atomic E-state index is 11.9. The summed E-state index contributed by atoms with van der Waals surface area (Å²) in [5.74, 6) is -0.000778. The fourth-order valence-corrected chi connectivity index (χ4v) is 2.23. The standard InChI is InChI=1S/C15H23N3O2/c1-2-7-16-12-15(19)17-13-5-3-4-6-14(13)18-8-10-20-11-9-18/h3-6,16H,2,7-12H2,1H3,(H,17,19). The Morgan fingerprint density at radius 1 is 1.30 bits per heavy atom. The number of hydrogen-bond acceptors (Lipinski definition) is 4. The van der Waals surface area contributed by atoms with Gasteiger partial charge in [0.05, 0.1) is 31.1 Å². The molecule has 1 aromatic carbocycles. The number of ether oxygens (including phenoxy) is 1. The second-order valence-corrected chi connectivity index (χ2v) is 4.84. The van der Waals surface area contributed by atoms with E-state index in [4.69, 9.17) is 4.74 Å². The van der Waals surface area contributed by atoms with Gasteiger partial charge in [-0.05, 0) is 25.1 Å². The van der Waals surface area contributed by atoms with Crippen LogP contribution in [0.2, 0.25) is 0 Å². The second kappa shape index (κ2) is 7.87. The molecule has 1 amide bonds. The Kier molecular flexibility index (Phi) is 5.83. The number of nitrogens with zero attached hydrogens (tertiary/aromatic N) is 1. The number of amides is 1. The van der Waals surface area contributed by atoms with Crippen LogP contribution in [-0.4, -0.2) is 45.3 Å². The van der Waals surface area contributed by atoms with Crippen LogP contribution in [0.1, 0.15) is 13.3 Å². The first-order valence-electron chi connectivity index (χ1n) is 7.23. The monoisotopic (exact) mass is 277 g/mol. The summed E-state index contributed by atoms with van der Waals surface area (Å²) < 4.78 is 5.37. The highest BCUT2D eigenvalue weighted by Crippen LogP contribution is 2.26. The maximum Gasteiger partial charge on any atom is 0.238 e. The number of morpholine rings is 1. The summed E-state index contributed by atoms with van der Waals surface area (Å²) >= 11 is 0. The molecule has 20 heavy (non-hydrogen) atoms. The third kappa shape index (κ3) is 4.21. The highest BCUT2D eigenvalue weighted by molar-refractivity contribution is 5.95. The van der Waals surface area contributed by atoms with Crippen molar-refractivity contribution in [2.75, 3.05) is 49.6 Å². The van der Waals surface area contributed by atoms with Crippen LogP contribution in [0, 0.1) is 0 Å². The van der Waals surface area contributed by atoms with Gasteiger partial charge >= 0.3 is 0 Å². The van der Waals surface area contributed by atoms with Crippen molar-refractivity contribution in [3.63, 3.8) is 0 Å². The number of carbonyl (C=O) groups excluding carboxylic acids is 1. The summed E-state index contributed by atoms with van der Waals surface area (Å²) in [6, 6.07) is 7.93. The lowest BCUT2D eigenvalue weighted by Gasteiger charge is -2.30. The number of hydrogen-bond donors (Lipinski definition) is 2. The number of anilines is 2. The largest absolute Gasteiger partial charge is 0.378 e. The normalized spacial score (nSPS) is 15.2. The van der Waals surface area contributed by atoms with Gasteiger partial charge in [-0.2, -0.15) is 0 Å². The zero-order valence-corrected chi connectivity index (χ0v) is 12.0. The van der Waals surface area contributed by atoms with Gasteiger partial charge in [-0.3, -0.25) is 4.79 Å². The minimum atomic E-state index is -0.000778. The number of nitrogens with one attached hydrogen (secondary N) is 2. The Morgan fingerprint density at radius 2 is 2.05 bits per heavy atom. The van der Waals surface area contributed by atoms with Crippen LogP contribution in [0.15, 0.2) is 24.3 Å². The van der Waals surface area contributed by atoms with E-state index in [1.807, 2.05) is 24.3 Å². The lowest BCUT2D eigenvalue weighted by Crippen LogP contribution is -2.37. The van der Waals surface area contributed by atoms with Gasteiger partial charge in [0.2, 0.25) is 5.91 Å². The molecule has 1 aromatic rings. The van der Waals surface area contributed by atoms with E-state index in [0.717, 1.165) is 50.6 Å². The molecule has 0 aromatic heterocycles. The first-order chi connectivity index (χ1) is 9.81. The molecule has 5 heteroatoms. The lowest BCUT2D eigenvalue weighted by molar-refractivity contribution is -0.115. The Labute approximate surface area is 120 Å². The van der Waals surface area contributed by atoms with Crippen molar-refractivity contribution in [1.82, 2.24) is 5.32 Å². The predicted octanol–water partition coefficient (Wildman–Crippen LogP) is 1.46. The van der Waals surface area contributed by atoms with Crippen molar-refractivity contribution in [3.8, 4) is 0 Å². The number of carbonyl (C=O) groups is 1. The zero-order valence-electron chi connectivity index (χ0n) is 12.0. The van der Waals surface area contributed by atoms with Crippen LogP contribution < -0.4 is 15.5 Å². The molecule has 0 bridgehead atoms. The molecule has 0 radical (unpaired) electrons. The Hall–Kier alpha value is -1.59. The summed E-state index contributed by atoms with van der Waals surface area (Å²) in [5.41, 5.74) is 1.94. The number of rotatable bonds is 6. The van der Waals surface area contributed by atoms with Crippen LogP contribution in [0.25, 0.3) is 0 Å². The van der Waals surface area contributed by atoms with Gasteiger partial charge in [-0.15, -0.1) is 0 Å². The van der Waals surface area contributed by atoms with Crippen LogP contribution in [0.3, 0.4) is 0 Å². The van der Waals surface area contributed by atoms with Gasteiger partial charge in [0.15, 0.2) is 0 Å². The van der Waals surface area contributed by atoms with Crippen molar-refractivity contribution in [3.05, 3.63) is 24.3 Å². The van der Waals surface area contributed by atoms with Crippen LogP contribution >= 0.6 is 0 Å². The highest BCUT2D eigenvalue weighted by atomic mass is 16.5. The summed E-state index contributed by atoms with van der Waals surface area (Å²) in [4.78, 5) is 14.2. The predicted molar refractivity (Wildman–Crippen MR) is 81.3 cm³/mol. The Bertz CT molecular complexity index is 431. The summed E-state index contributed by atoms with van der Waals surface area (Å²) in [7, 11) is 0. The van der Waals surface area contributed by atoms with Gasteiger partial charge in [-0.25, -0.2) is 0 Å². The van der Waals surface area contributed by atoms with Gasteiger partial charge < -0.3 is 20.3 Å². The fourth-order valence-electron chi connectivity index (χ4n) is 2.23. The van der Waals surface area contributed by atoms with Crippen LogP contribution in [-0.2, 0) is 9.53 Å². The Balaban J connectivity index is 1.98. The topological polar surface area (TPSA) is 53.6 Å². The molecule has 110 valence electrons. The molecule has 0 saturated carbocycles. The molecular formula is C15H23N3O2. The van der Waals surface area contributed by atoms with E-state index >= 15 is 0 Å². The molecule has 1 aliphatic heterocycles.